The molecule has 0 amide bonds. The predicted molar refractivity (Wildman–Crippen MR) is 89.0 cm³/mol. The van der Waals surface area contributed by atoms with Gasteiger partial charge in [0.05, 0.1) is 0 Å². The van der Waals surface area contributed by atoms with Crippen LogP contribution in [0, 0.1) is 17.8 Å². The molecule has 0 aromatic heterocycles. The van der Waals surface area contributed by atoms with Crippen molar-refractivity contribution in [2.45, 2.75) is 84.0 Å². The van der Waals surface area contributed by atoms with Crippen LogP contribution in [0.2, 0.25) is 0 Å². The molecule has 1 heteroatoms. The molecule has 2 rings (SSSR count). The number of rotatable bonds is 6. The smallest absolute Gasteiger partial charge is 0.00191 e. The Balaban J connectivity index is 1.50. The third-order valence-electron chi connectivity index (χ3n) is 6.06. The SMILES string of the molecule is CC1CCCCCC1CCCCCC1CCN(C)CC1. The Bertz CT molecular complexity index is 242. The maximum atomic E-state index is 2.51. The van der Waals surface area contributed by atoms with E-state index in [1.165, 1.54) is 90.1 Å². The maximum absolute atomic E-state index is 2.51. The van der Waals surface area contributed by atoms with Crippen molar-refractivity contribution in [3.05, 3.63) is 0 Å². The van der Waals surface area contributed by atoms with Crippen LogP contribution < -0.4 is 0 Å². The lowest BCUT2D eigenvalue weighted by Gasteiger charge is -2.29. The maximum Gasteiger partial charge on any atom is -0.00191 e. The van der Waals surface area contributed by atoms with Crippen LogP contribution in [0.5, 0.6) is 0 Å². The molecule has 0 aromatic rings. The molecule has 0 radical (unpaired) electrons. The molecular weight excluding hydrogens is 242 g/mol. The van der Waals surface area contributed by atoms with Crippen molar-refractivity contribution < 1.29 is 0 Å². The fourth-order valence-electron chi connectivity index (χ4n) is 4.37. The first-order valence-electron chi connectivity index (χ1n) is 9.44. The highest BCUT2D eigenvalue weighted by atomic mass is 15.1. The largest absolute Gasteiger partial charge is 0.306 e. The second-order valence-corrected chi connectivity index (χ2v) is 7.76. The summed E-state index contributed by atoms with van der Waals surface area (Å²) < 4.78 is 0. The van der Waals surface area contributed by atoms with Crippen LogP contribution >= 0.6 is 0 Å². The topological polar surface area (TPSA) is 3.24 Å². The summed E-state index contributed by atoms with van der Waals surface area (Å²) in [4.78, 5) is 2.49. The number of piperidine rings is 1. The van der Waals surface area contributed by atoms with Gasteiger partial charge in [-0.25, -0.2) is 0 Å². The summed E-state index contributed by atoms with van der Waals surface area (Å²) in [6.07, 6.45) is 18.0. The second kappa shape index (κ2) is 9.07. The Kier molecular flexibility index (Phi) is 7.41. The molecule has 2 fully saturated rings. The molecule has 1 nitrogen and oxygen atoms in total. The van der Waals surface area contributed by atoms with Crippen molar-refractivity contribution in [3.63, 3.8) is 0 Å². The highest BCUT2D eigenvalue weighted by Crippen LogP contribution is 2.32. The molecule has 118 valence electrons. The third-order valence-corrected chi connectivity index (χ3v) is 6.06. The summed E-state index contributed by atoms with van der Waals surface area (Å²) in [7, 11) is 2.27. The Morgan fingerprint density at radius 2 is 1.50 bits per heavy atom. The molecule has 20 heavy (non-hydrogen) atoms. The van der Waals surface area contributed by atoms with E-state index in [9.17, 15) is 0 Å². The van der Waals surface area contributed by atoms with Crippen molar-refractivity contribution >= 4 is 0 Å². The molecule has 2 atom stereocenters. The molecule has 1 heterocycles. The van der Waals surface area contributed by atoms with E-state index in [1.54, 1.807) is 0 Å². The van der Waals surface area contributed by atoms with E-state index >= 15 is 0 Å². The number of nitrogens with zero attached hydrogens (tertiary/aromatic N) is 1. The Labute approximate surface area is 127 Å². The minimum atomic E-state index is 1.01. The number of unbranched alkanes of at least 4 members (excludes halogenated alkanes) is 2. The molecule has 1 aliphatic heterocycles. The standard InChI is InChI=1S/C19H37N/c1-17-9-5-3-7-11-19(17)12-8-4-6-10-18-13-15-20(2)16-14-18/h17-19H,3-16H2,1-2H3. The van der Waals surface area contributed by atoms with E-state index in [2.05, 4.69) is 18.9 Å². The van der Waals surface area contributed by atoms with Gasteiger partial charge in [-0.1, -0.05) is 71.1 Å². The molecular formula is C19H37N. The average molecular weight is 280 g/mol. The summed E-state index contributed by atoms with van der Waals surface area (Å²) in [5, 5.41) is 0. The summed E-state index contributed by atoms with van der Waals surface area (Å²) in [5.41, 5.74) is 0. The van der Waals surface area contributed by atoms with Crippen LogP contribution in [0.3, 0.4) is 0 Å². The zero-order chi connectivity index (χ0) is 14.2. The second-order valence-electron chi connectivity index (χ2n) is 7.76. The van der Waals surface area contributed by atoms with E-state index < -0.39 is 0 Å². The van der Waals surface area contributed by atoms with Gasteiger partial charge >= 0.3 is 0 Å². The predicted octanol–water partition coefficient (Wildman–Crippen LogP) is 5.50. The quantitative estimate of drug-likeness (QED) is 0.458. The highest BCUT2D eigenvalue weighted by molar-refractivity contribution is 4.72. The molecule has 0 N–H and O–H groups in total. The zero-order valence-electron chi connectivity index (χ0n) is 14.1. The van der Waals surface area contributed by atoms with Gasteiger partial charge in [-0.15, -0.1) is 0 Å². The van der Waals surface area contributed by atoms with Crippen LogP contribution in [0.15, 0.2) is 0 Å². The van der Waals surface area contributed by atoms with Crippen LogP contribution in [0.25, 0.3) is 0 Å². The fourth-order valence-corrected chi connectivity index (χ4v) is 4.37. The van der Waals surface area contributed by atoms with Crippen molar-refractivity contribution in [3.8, 4) is 0 Å². The van der Waals surface area contributed by atoms with Gasteiger partial charge in [-0.3, -0.25) is 0 Å². The number of hydrogen-bond acceptors (Lipinski definition) is 1. The number of likely N-dealkylation sites (tertiary alicyclic amines) is 1. The van der Waals surface area contributed by atoms with Crippen LogP contribution in [-0.2, 0) is 0 Å². The van der Waals surface area contributed by atoms with Gasteiger partial charge in [0.2, 0.25) is 0 Å². The fraction of sp³-hybridized carbons (Fsp3) is 1.00. The summed E-state index contributed by atoms with van der Waals surface area (Å²) in [5.74, 6) is 3.11. The molecule has 0 spiro atoms. The van der Waals surface area contributed by atoms with E-state index in [0.29, 0.717) is 0 Å². The van der Waals surface area contributed by atoms with E-state index in [4.69, 9.17) is 0 Å². The molecule has 1 aliphatic carbocycles. The zero-order valence-corrected chi connectivity index (χ0v) is 14.1. The lowest BCUT2D eigenvalue weighted by atomic mass is 9.85. The minimum Gasteiger partial charge on any atom is -0.306 e. The molecule has 0 bridgehead atoms. The molecule has 1 saturated carbocycles. The Morgan fingerprint density at radius 1 is 0.800 bits per heavy atom. The lowest BCUT2D eigenvalue weighted by molar-refractivity contribution is 0.208. The van der Waals surface area contributed by atoms with E-state index in [1.807, 2.05) is 0 Å². The van der Waals surface area contributed by atoms with Gasteiger partial charge in [0.15, 0.2) is 0 Å². The van der Waals surface area contributed by atoms with Gasteiger partial charge in [0.1, 0.15) is 0 Å². The van der Waals surface area contributed by atoms with Gasteiger partial charge < -0.3 is 4.90 Å². The molecule has 2 unspecified atom stereocenters. The highest BCUT2D eigenvalue weighted by Gasteiger charge is 2.19. The van der Waals surface area contributed by atoms with Gasteiger partial charge in [0, 0.05) is 0 Å². The summed E-state index contributed by atoms with van der Waals surface area (Å²) in [6, 6.07) is 0. The molecule has 1 saturated heterocycles. The van der Waals surface area contributed by atoms with Crippen LogP contribution in [0.4, 0.5) is 0 Å². The molecule has 0 aromatic carbocycles. The van der Waals surface area contributed by atoms with E-state index in [-0.39, 0.29) is 0 Å². The van der Waals surface area contributed by atoms with Gasteiger partial charge in [-0.2, -0.15) is 0 Å². The van der Waals surface area contributed by atoms with Crippen molar-refractivity contribution in [1.29, 1.82) is 0 Å². The monoisotopic (exact) mass is 279 g/mol. The Morgan fingerprint density at radius 3 is 2.30 bits per heavy atom. The van der Waals surface area contributed by atoms with Crippen molar-refractivity contribution in [2.24, 2.45) is 17.8 Å². The van der Waals surface area contributed by atoms with Crippen LogP contribution in [0.1, 0.15) is 84.0 Å². The third kappa shape index (κ3) is 5.76. The first-order valence-corrected chi connectivity index (χ1v) is 9.44. The summed E-state index contributed by atoms with van der Waals surface area (Å²) >= 11 is 0. The van der Waals surface area contributed by atoms with Gasteiger partial charge in [0.25, 0.3) is 0 Å². The summed E-state index contributed by atoms with van der Waals surface area (Å²) in [6.45, 7) is 5.18. The first-order chi connectivity index (χ1) is 9.75. The normalized spacial score (nSPS) is 30.3. The van der Waals surface area contributed by atoms with Crippen molar-refractivity contribution in [1.82, 2.24) is 4.90 Å². The molecule has 2 aliphatic rings. The Hall–Kier alpha value is -0.0400. The number of hydrogen-bond donors (Lipinski definition) is 0. The van der Waals surface area contributed by atoms with Crippen LogP contribution in [-0.4, -0.2) is 25.0 Å². The van der Waals surface area contributed by atoms with E-state index in [0.717, 1.165) is 17.8 Å². The first kappa shape index (κ1) is 16.3. The minimum absolute atomic E-state index is 1.01. The van der Waals surface area contributed by atoms with Gasteiger partial charge in [-0.05, 0) is 50.7 Å². The average Bonchev–Trinajstić information content (AvgIpc) is 2.66. The van der Waals surface area contributed by atoms with Crippen molar-refractivity contribution in [2.75, 3.05) is 20.1 Å². The lowest BCUT2D eigenvalue weighted by Crippen LogP contribution is -2.30.